The average Bonchev–Trinajstić information content (AvgIpc) is 3.48. The molecule has 4 saturated heterocycles. The summed E-state index contributed by atoms with van der Waals surface area (Å²) in [6.45, 7) is 12.4. The number of hydrogen-bond acceptors (Lipinski definition) is 7. The number of ether oxygens (including phenoxy) is 5. The second kappa shape index (κ2) is 6.22. The molecule has 4 fully saturated rings. The highest BCUT2D eigenvalue weighted by molar-refractivity contribution is 5.00. The molecule has 0 aliphatic carbocycles. The van der Waals surface area contributed by atoms with Crippen LogP contribution in [0.25, 0.3) is 0 Å². The SMILES string of the molecule is CC(OC(C)(C1CO1)N1CCOCC1)(C1CO1)N1CCOCC1. The molecular weight excluding hydrogens is 300 g/mol. The normalized spacial score (nSPS) is 37.8. The standard InChI is InChI=1S/C16H28N2O5/c1-15(13-11-21-13,17-3-7-19-8-4-17)23-16(2,14-12-22-14)18-5-9-20-10-6-18/h13-14H,3-12H2,1-2H3. The maximum Gasteiger partial charge on any atom is 0.150 e. The molecule has 7 heteroatoms. The van der Waals surface area contributed by atoms with Crippen molar-refractivity contribution >= 4 is 0 Å². The minimum Gasteiger partial charge on any atom is -0.379 e. The summed E-state index contributed by atoms with van der Waals surface area (Å²) in [6, 6.07) is 0. The number of morpholine rings is 2. The summed E-state index contributed by atoms with van der Waals surface area (Å²) in [7, 11) is 0. The summed E-state index contributed by atoms with van der Waals surface area (Å²) in [5.41, 5.74) is -0.883. The zero-order valence-corrected chi connectivity index (χ0v) is 14.2. The molecule has 0 saturated carbocycles. The van der Waals surface area contributed by atoms with Crippen molar-refractivity contribution in [2.75, 3.05) is 65.8 Å². The first kappa shape index (κ1) is 16.2. The van der Waals surface area contributed by atoms with Crippen LogP contribution in [-0.4, -0.2) is 99.3 Å². The monoisotopic (exact) mass is 328 g/mol. The van der Waals surface area contributed by atoms with Gasteiger partial charge in [0.2, 0.25) is 0 Å². The van der Waals surface area contributed by atoms with E-state index in [0.29, 0.717) is 0 Å². The Hall–Kier alpha value is -0.280. The van der Waals surface area contributed by atoms with Gasteiger partial charge in [-0.15, -0.1) is 0 Å². The maximum atomic E-state index is 6.84. The van der Waals surface area contributed by atoms with Crippen molar-refractivity contribution in [2.24, 2.45) is 0 Å². The lowest BCUT2D eigenvalue weighted by molar-refractivity contribution is -0.289. The Morgan fingerprint density at radius 2 is 1.09 bits per heavy atom. The van der Waals surface area contributed by atoms with Gasteiger partial charge in [-0.05, 0) is 13.8 Å². The minimum atomic E-state index is -0.442. The van der Waals surface area contributed by atoms with Crippen molar-refractivity contribution in [3.63, 3.8) is 0 Å². The van der Waals surface area contributed by atoms with Gasteiger partial charge in [0.1, 0.15) is 23.7 Å². The molecule has 0 aromatic rings. The molecule has 23 heavy (non-hydrogen) atoms. The molecular formula is C16H28N2O5. The molecule has 0 aromatic heterocycles. The summed E-state index contributed by atoms with van der Waals surface area (Å²) in [5, 5.41) is 0. The second-order valence-corrected chi connectivity index (χ2v) is 7.05. The average molecular weight is 328 g/mol. The van der Waals surface area contributed by atoms with Gasteiger partial charge in [-0.3, -0.25) is 9.80 Å². The van der Waals surface area contributed by atoms with E-state index in [-0.39, 0.29) is 12.2 Å². The van der Waals surface area contributed by atoms with E-state index in [4.69, 9.17) is 23.7 Å². The molecule has 4 aliphatic heterocycles. The van der Waals surface area contributed by atoms with E-state index in [2.05, 4.69) is 23.6 Å². The van der Waals surface area contributed by atoms with E-state index >= 15 is 0 Å². The second-order valence-electron chi connectivity index (χ2n) is 7.05. The van der Waals surface area contributed by atoms with Gasteiger partial charge >= 0.3 is 0 Å². The van der Waals surface area contributed by atoms with Gasteiger partial charge in [-0.25, -0.2) is 0 Å². The molecule has 0 spiro atoms. The summed E-state index contributed by atoms with van der Waals surface area (Å²) in [4.78, 5) is 4.74. The third kappa shape index (κ3) is 3.16. The number of nitrogens with zero attached hydrogens (tertiary/aromatic N) is 2. The molecule has 0 bridgehead atoms. The summed E-state index contributed by atoms with van der Waals surface area (Å²) >= 11 is 0. The van der Waals surface area contributed by atoms with Gasteiger partial charge in [0, 0.05) is 26.2 Å². The molecule has 4 rings (SSSR count). The van der Waals surface area contributed by atoms with Gasteiger partial charge in [0.05, 0.1) is 39.6 Å². The summed E-state index contributed by atoms with van der Waals surface area (Å²) < 4.78 is 29.2. The molecule has 0 amide bonds. The van der Waals surface area contributed by atoms with Gasteiger partial charge < -0.3 is 23.7 Å². The number of rotatable bonds is 6. The quantitative estimate of drug-likeness (QED) is 0.631. The van der Waals surface area contributed by atoms with Gasteiger partial charge in [-0.1, -0.05) is 0 Å². The molecule has 0 N–H and O–H groups in total. The fraction of sp³-hybridized carbons (Fsp3) is 1.00. The van der Waals surface area contributed by atoms with Crippen LogP contribution in [0.3, 0.4) is 0 Å². The first-order chi connectivity index (χ1) is 11.1. The van der Waals surface area contributed by atoms with Gasteiger partial charge in [-0.2, -0.15) is 0 Å². The Labute approximate surface area is 137 Å². The molecule has 132 valence electrons. The fourth-order valence-electron chi connectivity index (χ4n) is 3.82. The Morgan fingerprint density at radius 1 is 0.739 bits per heavy atom. The Bertz CT molecular complexity index is 381. The van der Waals surface area contributed by atoms with Gasteiger partial charge in [0.25, 0.3) is 0 Å². The first-order valence-electron chi connectivity index (χ1n) is 8.72. The Kier molecular flexibility index (Phi) is 4.38. The van der Waals surface area contributed by atoms with Crippen LogP contribution < -0.4 is 0 Å². The van der Waals surface area contributed by atoms with E-state index in [1.165, 1.54) is 0 Å². The van der Waals surface area contributed by atoms with Crippen molar-refractivity contribution in [1.82, 2.24) is 9.80 Å². The highest BCUT2D eigenvalue weighted by Gasteiger charge is 2.58. The zero-order valence-electron chi connectivity index (χ0n) is 14.2. The third-order valence-electron chi connectivity index (χ3n) is 5.55. The van der Waals surface area contributed by atoms with Crippen LogP contribution in [0.15, 0.2) is 0 Å². The fourth-order valence-corrected chi connectivity index (χ4v) is 3.82. The van der Waals surface area contributed by atoms with Crippen molar-refractivity contribution in [2.45, 2.75) is 37.5 Å². The Morgan fingerprint density at radius 3 is 1.39 bits per heavy atom. The first-order valence-corrected chi connectivity index (χ1v) is 8.72. The largest absolute Gasteiger partial charge is 0.379 e. The lowest BCUT2D eigenvalue weighted by atomic mass is 10.1. The predicted octanol–water partition coefficient (Wildman–Crippen LogP) is -0.103. The van der Waals surface area contributed by atoms with Crippen molar-refractivity contribution in [1.29, 1.82) is 0 Å². The van der Waals surface area contributed by atoms with Crippen LogP contribution >= 0.6 is 0 Å². The van der Waals surface area contributed by atoms with Crippen LogP contribution in [0.1, 0.15) is 13.8 Å². The summed E-state index contributed by atoms with van der Waals surface area (Å²) in [5.74, 6) is 0. The van der Waals surface area contributed by atoms with E-state index in [1.54, 1.807) is 0 Å². The topological polar surface area (TPSA) is 59.2 Å². The lowest BCUT2D eigenvalue weighted by Gasteiger charge is -2.50. The van der Waals surface area contributed by atoms with Crippen LogP contribution in [0.5, 0.6) is 0 Å². The van der Waals surface area contributed by atoms with Crippen LogP contribution in [0.4, 0.5) is 0 Å². The van der Waals surface area contributed by atoms with E-state index in [9.17, 15) is 0 Å². The van der Waals surface area contributed by atoms with E-state index in [0.717, 1.165) is 65.8 Å². The van der Waals surface area contributed by atoms with Crippen molar-refractivity contribution < 1.29 is 23.7 Å². The lowest BCUT2D eigenvalue weighted by Crippen LogP contribution is -2.66. The predicted molar refractivity (Wildman–Crippen MR) is 82.2 cm³/mol. The van der Waals surface area contributed by atoms with Crippen molar-refractivity contribution in [3.8, 4) is 0 Å². The molecule has 0 aromatic carbocycles. The molecule has 4 heterocycles. The summed E-state index contributed by atoms with van der Waals surface area (Å²) in [6.07, 6.45) is 0.249. The molecule has 4 aliphatic rings. The van der Waals surface area contributed by atoms with Crippen molar-refractivity contribution in [3.05, 3.63) is 0 Å². The molecule has 4 atom stereocenters. The minimum absolute atomic E-state index is 0.125. The highest BCUT2D eigenvalue weighted by Crippen LogP contribution is 2.41. The maximum absolute atomic E-state index is 6.84. The number of hydrogen-bond donors (Lipinski definition) is 0. The molecule has 4 unspecified atom stereocenters. The molecule has 0 radical (unpaired) electrons. The van der Waals surface area contributed by atoms with E-state index in [1.807, 2.05) is 0 Å². The number of epoxide rings is 2. The van der Waals surface area contributed by atoms with Crippen LogP contribution in [0, 0.1) is 0 Å². The highest BCUT2D eigenvalue weighted by atomic mass is 16.7. The smallest absolute Gasteiger partial charge is 0.150 e. The Balaban J connectivity index is 1.55. The molecule has 7 nitrogen and oxygen atoms in total. The van der Waals surface area contributed by atoms with E-state index < -0.39 is 11.4 Å². The van der Waals surface area contributed by atoms with Gasteiger partial charge in [0.15, 0.2) is 0 Å². The van der Waals surface area contributed by atoms with Crippen LogP contribution in [-0.2, 0) is 23.7 Å². The zero-order chi connectivity index (χ0) is 15.9. The third-order valence-corrected chi connectivity index (χ3v) is 5.55. The van der Waals surface area contributed by atoms with Crippen LogP contribution in [0.2, 0.25) is 0 Å².